The van der Waals surface area contributed by atoms with Crippen LogP contribution in [0.25, 0.3) is 0 Å². The number of aliphatic carboxylic acids is 1. The number of amides is 3. The van der Waals surface area contributed by atoms with Gasteiger partial charge in [-0.25, -0.2) is 0 Å². The second kappa shape index (κ2) is 12.7. The molecule has 8 nitrogen and oxygen atoms in total. The molecule has 1 unspecified atom stereocenters. The summed E-state index contributed by atoms with van der Waals surface area (Å²) in [6, 6.07) is -1.58. The molecule has 0 bridgehead atoms. The third-order valence-corrected chi connectivity index (χ3v) is 3.48. The number of unbranched alkanes of at least 4 members (excludes halogenated alkanes) is 1. The van der Waals surface area contributed by atoms with Gasteiger partial charge in [0.1, 0.15) is 12.1 Å². The van der Waals surface area contributed by atoms with Gasteiger partial charge < -0.3 is 21.1 Å². The minimum absolute atomic E-state index is 0.00905. The molecule has 0 saturated heterocycles. The van der Waals surface area contributed by atoms with E-state index >= 15 is 0 Å². The Morgan fingerprint density at radius 1 is 1.00 bits per heavy atom. The molecule has 0 aliphatic carbocycles. The van der Waals surface area contributed by atoms with E-state index < -0.39 is 24.0 Å². The number of hydrogen-bond acceptors (Lipinski definition) is 4. The van der Waals surface area contributed by atoms with Crippen molar-refractivity contribution in [3.63, 3.8) is 0 Å². The van der Waals surface area contributed by atoms with E-state index in [1.165, 1.54) is 13.0 Å². The molecule has 0 aromatic heterocycles. The molecule has 0 aromatic rings. The molecule has 0 fully saturated rings. The third kappa shape index (κ3) is 10.3. The zero-order chi connectivity index (χ0) is 20.1. The Balaban J connectivity index is 4.32. The van der Waals surface area contributed by atoms with E-state index in [0.29, 0.717) is 18.5 Å². The molecule has 0 aromatic carbocycles. The topological polar surface area (TPSA) is 125 Å². The van der Waals surface area contributed by atoms with E-state index in [1.807, 2.05) is 6.92 Å². The number of carboxylic acids is 1. The molecule has 146 valence electrons. The Bertz CT molecular complexity index is 557. The van der Waals surface area contributed by atoms with Crippen molar-refractivity contribution >= 4 is 23.7 Å². The van der Waals surface area contributed by atoms with Crippen LogP contribution in [0, 0.1) is 0 Å². The second-order valence-corrected chi connectivity index (χ2v) is 5.88. The SMILES string of the molecule is C=C/C(=C\CC)NC(=O)C(C)NC(=O)[C@H](C)NC(=O)CCCCC(=O)O. The van der Waals surface area contributed by atoms with Crippen LogP contribution in [0.2, 0.25) is 0 Å². The third-order valence-electron chi connectivity index (χ3n) is 3.48. The molecule has 2 atom stereocenters. The molecule has 0 aliphatic rings. The van der Waals surface area contributed by atoms with Crippen LogP contribution in [0.5, 0.6) is 0 Å². The maximum absolute atomic E-state index is 12.1. The number of carbonyl (C=O) groups is 4. The lowest BCUT2D eigenvalue weighted by molar-refractivity contribution is -0.137. The molecular weight excluding hydrogens is 338 g/mol. The predicted octanol–water partition coefficient (Wildman–Crippen LogP) is 1.24. The fourth-order valence-electron chi connectivity index (χ4n) is 2.00. The summed E-state index contributed by atoms with van der Waals surface area (Å²) >= 11 is 0. The van der Waals surface area contributed by atoms with Crippen molar-refractivity contribution in [2.75, 3.05) is 0 Å². The van der Waals surface area contributed by atoms with E-state index in [9.17, 15) is 19.2 Å². The highest BCUT2D eigenvalue weighted by atomic mass is 16.4. The van der Waals surface area contributed by atoms with Crippen LogP contribution in [0.1, 0.15) is 52.9 Å². The summed E-state index contributed by atoms with van der Waals surface area (Å²) in [5, 5.41) is 16.2. The number of allylic oxidation sites excluding steroid dienone is 2. The maximum atomic E-state index is 12.1. The quantitative estimate of drug-likeness (QED) is 0.305. The first-order chi connectivity index (χ1) is 12.2. The largest absolute Gasteiger partial charge is 0.481 e. The second-order valence-electron chi connectivity index (χ2n) is 5.88. The van der Waals surface area contributed by atoms with Crippen molar-refractivity contribution in [2.45, 2.75) is 65.0 Å². The molecule has 8 heteroatoms. The van der Waals surface area contributed by atoms with Crippen LogP contribution in [-0.4, -0.2) is 40.9 Å². The molecule has 0 radical (unpaired) electrons. The summed E-state index contributed by atoms with van der Waals surface area (Å²) in [6.07, 6.45) is 5.03. The first-order valence-electron chi connectivity index (χ1n) is 8.66. The highest BCUT2D eigenvalue weighted by Gasteiger charge is 2.21. The highest BCUT2D eigenvalue weighted by Crippen LogP contribution is 2.00. The fourth-order valence-corrected chi connectivity index (χ4v) is 2.00. The van der Waals surface area contributed by atoms with Gasteiger partial charge in [-0.05, 0) is 39.2 Å². The summed E-state index contributed by atoms with van der Waals surface area (Å²) in [4.78, 5) is 46.3. The van der Waals surface area contributed by atoms with Gasteiger partial charge in [0.15, 0.2) is 0 Å². The fraction of sp³-hybridized carbons (Fsp3) is 0.556. The van der Waals surface area contributed by atoms with Crippen LogP contribution in [0.15, 0.2) is 24.4 Å². The van der Waals surface area contributed by atoms with Crippen LogP contribution >= 0.6 is 0 Å². The minimum atomic E-state index is -0.904. The zero-order valence-electron chi connectivity index (χ0n) is 15.6. The predicted molar refractivity (Wildman–Crippen MR) is 98.0 cm³/mol. The van der Waals surface area contributed by atoms with Crippen LogP contribution in [0.3, 0.4) is 0 Å². The highest BCUT2D eigenvalue weighted by molar-refractivity contribution is 5.92. The van der Waals surface area contributed by atoms with Crippen molar-refractivity contribution < 1.29 is 24.3 Å². The lowest BCUT2D eigenvalue weighted by atomic mass is 10.1. The minimum Gasteiger partial charge on any atom is -0.481 e. The first kappa shape index (κ1) is 23.4. The van der Waals surface area contributed by atoms with Gasteiger partial charge in [-0.15, -0.1) is 0 Å². The lowest BCUT2D eigenvalue weighted by Gasteiger charge is -2.18. The lowest BCUT2D eigenvalue weighted by Crippen LogP contribution is -2.51. The number of nitrogens with one attached hydrogen (secondary N) is 3. The molecule has 26 heavy (non-hydrogen) atoms. The standard InChI is InChI=1S/C18H29N3O5/c1-5-9-14(6-2)21-18(26)13(4)20-17(25)12(3)19-15(22)10-7-8-11-16(23)24/h6,9,12-13H,2,5,7-8,10-11H2,1,3-4H3,(H,19,22)(H,20,25)(H,21,26)(H,23,24)/b14-9+/t12-,13?/m0/s1. The van der Waals surface area contributed by atoms with Crippen LogP contribution in [0.4, 0.5) is 0 Å². The van der Waals surface area contributed by atoms with Crippen LogP contribution < -0.4 is 16.0 Å². The number of hydrogen-bond donors (Lipinski definition) is 4. The Kier molecular flexibility index (Phi) is 11.4. The average Bonchev–Trinajstić information content (AvgIpc) is 2.57. The maximum Gasteiger partial charge on any atom is 0.303 e. The molecule has 4 N–H and O–H groups in total. The van der Waals surface area contributed by atoms with Gasteiger partial charge in [0, 0.05) is 18.5 Å². The van der Waals surface area contributed by atoms with Gasteiger partial charge in [-0.3, -0.25) is 19.2 Å². The summed E-state index contributed by atoms with van der Waals surface area (Å²) < 4.78 is 0. The van der Waals surface area contributed by atoms with Crippen molar-refractivity contribution in [1.29, 1.82) is 0 Å². The van der Waals surface area contributed by atoms with Gasteiger partial charge in [0.05, 0.1) is 0 Å². The molecule has 0 rings (SSSR count). The Morgan fingerprint density at radius 3 is 2.12 bits per heavy atom. The molecule has 0 heterocycles. The van der Waals surface area contributed by atoms with Gasteiger partial charge in [0.25, 0.3) is 0 Å². The molecule has 0 saturated carbocycles. The monoisotopic (exact) mass is 367 g/mol. The Labute approximate surface area is 154 Å². The molecule has 0 aliphatic heterocycles. The molecule has 0 spiro atoms. The van der Waals surface area contributed by atoms with Crippen LogP contribution in [-0.2, 0) is 19.2 Å². The normalized spacial score (nSPS) is 13.3. The number of rotatable bonds is 12. The zero-order valence-corrected chi connectivity index (χ0v) is 15.6. The summed E-state index contributed by atoms with van der Waals surface area (Å²) in [5.41, 5.74) is 0.571. The van der Waals surface area contributed by atoms with Crippen molar-refractivity contribution in [1.82, 2.24) is 16.0 Å². The Morgan fingerprint density at radius 2 is 1.58 bits per heavy atom. The van der Waals surface area contributed by atoms with Gasteiger partial charge >= 0.3 is 5.97 Å². The van der Waals surface area contributed by atoms with E-state index in [1.54, 1.807) is 13.0 Å². The van der Waals surface area contributed by atoms with E-state index in [4.69, 9.17) is 5.11 Å². The first-order valence-corrected chi connectivity index (χ1v) is 8.66. The average molecular weight is 367 g/mol. The summed E-state index contributed by atoms with van der Waals surface area (Å²) in [6.45, 7) is 8.58. The van der Waals surface area contributed by atoms with Crippen molar-refractivity contribution in [3.05, 3.63) is 24.4 Å². The number of carbonyl (C=O) groups excluding carboxylic acids is 3. The van der Waals surface area contributed by atoms with Crippen molar-refractivity contribution in [2.24, 2.45) is 0 Å². The van der Waals surface area contributed by atoms with Gasteiger partial charge in [-0.1, -0.05) is 19.6 Å². The molecular formula is C18H29N3O5. The van der Waals surface area contributed by atoms with Crippen molar-refractivity contribution in [3.8, 4) is 0 Å². The number of carboxylic acid groups (broad SMARTS) is 1. The van der Waals surface area contributed by atoms with Gasteiger partial charge in [0.2, 0.25) is 17.7 Å². The summed E-state index contributed by atoms with van der Waals surface area (Å²) in [5.74, 6) is -2.11. The summed E-state index contributed by atoms with van der Waals surface area (Å²) in [7, 11) is 0. The Hall–Kier alpha value is -2.64. The molecule has 3 amide bonds. The van der Waals surface area contributed by atoms with Gasteiger partial charge in [-0.2, -0.15) is 0 Å². The van der Waals surface area contributed by atoms with E-state index in [0.717, 1.165) is 6.42 Å². The smallest absolute Gasteiger partial charge is 0.303 e. The van der Waals surface area contributed by atoms with E-state index in [2.05, 4.69) is 22.5 Å². The van der Waals surface area contributed by atoms with E-state index in [-0.39, 0.29) is 24.7 Å².